The van der Waals surface area contributed by atoms with Crippen LogP contribution in [0.4, 0.5) is 0 Å². The summed E-state index contributed by atoms with van der Waals surface area (Å²) in [5, 5.41) is 13.8. The van der Waals surface area contributed by atoms with E-state index in [0.29, 0.717) is 5.92 Å². The minimum atomic E-state index is -0.126. The van der Waals surface area contributed by atoms with Crippen LogP contribution in [-0.4, -0.2) is 11.2 Å². The summed E-state index contributed by atoms with van der Waals surface area (Å²) >= 11 is 1.74. The molecule has 0 aromatic carbocycles. The first-order valence-electron chi connectivity index (χ1n) is 4.89. The summed E-state index contributed by atoms with van der Waals surface area (Å²) in [5.41, 5.74) is 1.40. The highest BCUT2D eigenvalue weighted by Gasteiger charge is 2.08. The molecular formula is C11H18OS. The lowest BCUT2D eigenvalue weighted by atomic mass is 10.0. The third kappa shape index (κ3) is 3.92. The molecule has 1 N–H and O–H groups in total. The topological polar surface area (TPSA) is 20.2 Å². The predicted octanol–water partition coefficient (Wildman–Crippen LogP) is 3.09. The fourth-order valence-electron chi connectivity index (χ4n) is 1.28. The van der Waals surface area contributed by atoms with E-state index in [0.717, 1.165) is 19.3 Å². The maximum Gasteiger partial charge on any atom is 0.0563 e. The summed E-state index contributed by atoms with van der Waals surface area (Å²) in [7, 11) is 0. The highest BCUT2D eigenvalue weighted by molar-refractivity contribution is 7.07. The van der Waals surface area contributed by atoms with E-state index in [9.17, 15) is 5.11 Å². The van der Waals surface area contributed by atoms with E-state index < -0.39 is 0 Å². The zero-order valence-corrected chi connectivity index (χ0v) is 9.18. The van der Waals surface area contributed by atoms with Gasteiger partial charge in [-0.15, -0.1) is 0 Å². The third-order valence-electron chi connectivity index (χ3n) is 2.31. The molecule has 1 unspecified atom stereocenters. The second-order valence-corrected chi connectivity index (χ2v) is 4.62. The second kappa shape index (κ2) is 5.40. The second-order valence-electron chi connectivity index (χ2n) is 3.84. The molecule has 0 aliphatic rings. The number of hydrogen-bond donors (Lipinski definition) is 1. The van der Waals surface area contributed by atoms with Crippen LogP contribution in [0.5, 0.6) is 0 Å². The average Bonchev–Trinajstić information content (AvgIpc) is 2.56. The van der Waals surface area contributed by atoms with E-state index in [1.54, 1.807) is 11.3 Å². The molecule has 1 nitrogen and oxygen atoms in total. The Morgan fingerprint density at radius 2 is 2.23 bits per heavy atom. The van der Waals surface area contributed by atoms with E-state index in [2.05, 4.69) is 30.7 Å². The first-order valence-corrected chi connectivity index (χ1v) is 5.83. The number of aliphatic hydroxyl groups is 1. The Hall–Kier alpha value is -0.340. The summed E-state index contributed by atoms with van der Waals surface area (Å²) in [6, 6.07) is 2.16. The molecule has 74 valence electrons. The minimum absolute atomic E-state index is 0.126. The monoisotopic (exact) mass is 198 g/mol. The molecule has 0 saturated heterocycles. The van der Waals surface area contributed by atoms with Gasteiger partial charge in [-0.3, -0.25) is 0 Å². The fraction of sp³-hybridized carbons (Fsp3) is 0.636. The lowest BCUT2D eigenvalue weighted by Crippen LogP contribution is -2.14. The van der Waals surface area contributed by atoms with Crippen LogP contribution in [0.25, 0.3) is 0 Å². The zero-order chi connectivity index (χ0) is 9.68. The molecule has 0 aliphatic carbocycles. The van der Waals surface area contributed by atoms with Gasteiger partial charge in [0.2, 0.25) is 0 Å². The van der Waals surface area contributed by atoms with Crippen molar-refractivity contribution in [1.29, 1.82) is 0 Å². The number of thiophene rings is 1. The maximum atomic E-state index is 9.56. The molecule has 1 atom stereocenters. The van der Waals surface area contributed by atoms with Gasteiger partial charge in [0.1, 0.15) is 0 Å². The average molecular weight is 198 g/mol. The SMILES string of the molecule is CC(C)C(O)CCCc1ccsc1. The largest absolute Gasteiger partial charge is 0.393 e. The van der Waals surface area contributed by atoms with Crippen molar-refractivity contribution in [2.45, 2.75) is 39.2 Å². The number of rotatable bonds is 5. The Bertz CT molecular complexity index is 216. The van der Waals surface area contributed by atoms with Crippen molar-refractivity contribution >= 4 is 11.3 Å². The molecule has 1 aromatic heterocycles. The molecular weight excluding hydrogens is 180 g/mol. The van der Waals surface area contributed by atoms with E-state index in [1.165, 1.54) is 5.56 Å². The number of aryl methyl sites for hydroxylation is 1. The van der Waals surface area contributed by atoms with Crippen LogP contribution in [0.2, 0.25) is 0 Å². The van der Waals surface area contributed by atoms with Crippen molar-refractivity contribution < 1.29 is 5.11 Å². The van der Waals surface area contributed by atoms with Crippen LogP contribution < -0.4 is 0 Å². The first kappa shape index (κ1) is 10.7. The fourth-order valence-corrected chi connectivity index (χ4v) is 1.99. The Balaban J connectivity index is 2.14. The zero-order valence-electron chi connectivity index (χ0n) is 8.36. The molecule has 1 heterocycles. The summed E-state index contributed by atoms with van der Waals surface area (Å²) in [6.07, 6.45) is 3.00. The first-order chi connectivity index (χ1) is 6.20. The van der Waals surface area contributed by atoms with Crippen LogP contribution >= 0.6 is 11.3 Å². The van der Waals surface area contributed by atoms with Gasteiger partial charge in [0.25, 0.3) is 0 Å². The molecule has 1 aromatic rings. The highest BCUT2D eigenvalue weighted by Crippen LogP contribution is 2.13. The Morgan fingerprint density at radius 3 is 2.77 bits per heavy atom. The molecule has 0 spiro atoms. The molecule has 13 heavy (non-hydrogen) atoms. The van der Waals surface area contributed by atoms with E-state index in [-0.39, 0.29) is 6.10 Å². The van der Waals surface area contributed by atoms with Gasteiger partial charge in [0.05, 0.1) is 6.10 Å². The maximum absolute atomic E-state index is 9.56. The quantitative estimate of drug-likeness (QED) is 0.771. The highest BCUT2D eigenvalue weighted by atomic mass is 32.1. The normalized spacial score (nSPS) is 13.5. The molecule has 0 saturated carbocycles. The summed E-state index contributed by atoms with van der Waals surface area (Å²) < 4.78 is 0. The van der Waals surface area contributed by atoms with Crippen molar-refractivity contribution in [3.05, 3.63) is 22.4 Å². The third-order valence-corrected chi connectivity index (χ3v) is 3.05. The van der Waals surface area contributed by atoms with Crippen LogP contribution in [0.15, 0.2) is 16.8 Å². The summed E-state index contributed by atoms with van der Waals surface area (Å²) in [4.78, 5) is 0. The predicted molar refractivity (Wildman–Crippen MR) is 58.1 cm³/mol. The van der Waals surface area contributed by atoms with Gasteiger partial charge in [-0.05, 0) is 47.6 Å². The molecule has 0 radical (unpaired) electrons. The van der Waals surface area contributed by atoms with Crippen molar-refractivity contribution in [1.82, 2.24) is 0 Å². The Labute approximate surface area is 84.4 Å². The van der Waals surface area contributed by atoms with Crippen molar-refractivity contribution in [3.63, 3.8) is 0 Å². The standard InChI is InChI=1S/C11H18OS/c1-9(2)11(12)5-3-4-10-6-7-13-8-10/h6-9,11-12H,3-5H2,1-2H3. The Morgan fingerprint density at radius 1 is 1.46 bits per heavy atom. The summed E-state index contributed by atoms with van der Waals surface area (Å²) in [6.45, 7) is 4.13. The van der Waals surface area contributed by atoms with Crippen molar-refractivity contribution in [2.24, 2.45) is 5.92 Å². The number of hydrogen-bond acceptors (Lipinski definition) is 2. The molecule has 2 heteroatoms. The van der Waals surface area contributed by atoms with Crippen LogP contribution in [0.1, 0.15) is 32.3 Å². The van der Waals surface area contributed by atoms with Gasteiger partial charge in [0.15, 0.2) is 0 Å². The molecule has 0 aliphatic heterocycles. The lowest BCUT2D eigenvalue weighted by molar-refractivity contribution is 0.114. The van der Waals surface area contributed by atoms with Gasteiger partial charge in [-0.25, -0.2) is 0 Å². The van der Waals surface area contributed by atoms with E-state index >= 15 is 0 Å². The van der Waals surface area contributed by atoms with Gasteiger partial charge in [-0.2, -0.15) is 11.3 Å². The van der Waals surface area contributed by atoms with Crippen LogP contribution in [0, 0.1) is 5.92 Å². The van der Waals surface area contributed by atoms with Crippen molar-refractivity contribution in [3.8, 4) is 0 Å². The van der Waals surface area contributed by atoms with E-state index in [4.69, 9.17) is 0 Å². The minimum Gasteiger partial charge on any atom is -0.393 e. The van der Waals surface area contributed by atoms with E-state index in [1.807, 2.05) is 0 Å². The van der Waals surface area contributed by atoms with Crippen LogP contribution in [-0.2, 0) is 6.42 Å². The van der Waals surface area contributed by atoms with Gasteiger partial charge in [-0.1, -0.05) is 13.8 Å². The van der Waals surface area contributed by atoms with Gasteiger partial charge < -0.3 is 5.11 Å². The van der Waals surface area contributed by atoms with Crippen molar-refractivity contribution in [2.75, 3.05) is 0 Å². The molecule has 0 fully saturated rings. The Kier molecular flexibility index (Phi) is 4.46. The van der Waals surface area contributed by atoms with Crippen LogP contribution in [0.3, 0.4) is 0 Å². The van der Waals surface area contributed by atoms with Gasteiger partial charge >= 0.3 is 0 Å². The van der Waals surface area contributed by atoms with Gasteiger partial charge in [0, 0.05) is 0 Å². The summed E-state index contributed by atoms with van der Waals surface area (Å²) in [5.74, 6) is 0.391. The molecule has 0 amide bonds. The lowest BCUT2D eigenvalue weighted by Gasteiger charge is -2.13. The molecule has 0 bridgehead atoms. The molecule has 1 rings (SSSR count). The smallest absolute Gasteiger partial charge is 0.0563 e. The number of aliphatic hydroxyl groups excluding tert-OH is 1.